The third-order valence-electron chi connectivity index (χ3n) is 4.69. The monoisotopic (exact) mass is 387 g/mol. The second-order valence-corrected chi connectivity index (χ2v) is 7.49. The molecule has 27 heavy (non-hydrogen) atoms. The number of methoxy groups -OCH3 is 1. The summed E-state index contributed by atoms with van der Waals surface area (Å²) in [5.41, 5.74) is 1.39. The van der Waals surface area contributed by atoms with Crippen LogP contribution in [-0.2, 0) is 4.79 Å². The van der Waals surface area contributed by atoms with Crippen molar-refractivity contribution in [2.45, 2.75) is 12.8 Å². The minimum absolute atomic E-state index is 0.0257. The molecule has 0 radical (unpaired) electrons. The Morgan fingerprint density at radius 2 is 2.15 bits per heavy atom. The molecule has 1 atom stereocenters. The number of piperidine rings is 1. The standard InChI is InChI=1S/C20H25N3O3S/c1-26-18-7-3-2-6-17(18)22-19(24)13-23-9-4-5-15(12-23)11-21-20(25)16-8-10-27-14-16/h2-3,6-8,10,14-15H,4-5,9,11-13H2,1H3,(H,21,25)(H,22,24). The highest BCUT2D eigenvalue weighted by molar-refractivity contribution is 7.08. The molecule has 1 fully saturated rings. The Hall–Kier alpha value is -2.38. The molecule has 1 saturated heterocycles. The summed E-state index contributed by atoms with van der Waals surface area (Å²) in [5, 5.41) is 9.68. The van der Waals surface area contributed by atoms with Gasteiger partial charge < -0.3 is 15.4 Å². The van der Waals surface area contributed by atoms with Gasteiger partial charge in [0.15, 0.2) is 0 Å². The van der Waals surface area contributed by atoms with Gasteiger partial charge in [-0.15, -0.1) is 0 Å². The zero-order chi connectivity index (χ0) is 19.1. The maximum absolute atomic E-state index is 12.4. The third kappa shape index (κ3) is 5.55. The van der Waals surface area contributed by atoms with E-state index in [4.69, 9.17) is 4.74 Å². The fourth-order valence-corrected chi connectivity index (χ4v) is 3.97. The number of carbonyl (C=O) groups is 2. The molecular formula is C20H25N3O3S. The van der Waals surface area contributed by atoms with Crippen LogP contribution < -0.4 is 15.4 Å². The number of thiophene rings is 1. The maximum Gasteiger partial charge on any atom is 0.252 e. The van der Waals surface area contributed by atoms with Gasteiger partial charge >= 0.3 is 0 Å². The second kappa shape index (κ2) is 9.53. The number of nitrogens with zero attached hydrogens (tertiary/aromatic N) is 1. The molecule has 144 valence electrons. The largest absolute Gasteiger partial charge is 0.495 e. The molecule has 2 N–H and O–H groups in total. The van der Waals surface area contributed by atoms with Crippen molar-refractivity contribution in [2.24, 2.45) is 5.92 Å². The highest BCUT2D eigenvalue weighted by atomic mass is 32.1. The molecule has 7 heteroatoms. The lowest BCUT2D eigenvalue weighted by molar-refractivity contribution is -0.117. The van der Waals surface area contributed by atoms with Crippen LogP contribution in [0.15, 0.2) is 41.1 Å². The lowest BCUT2D eigenvalue weighted by atomic mass is 9.98. The van der Waals surface area contributed by atoms with E-state index >= 15 is 0 Å². The molecule has 2 amide bonds. The lowest BCUT2D eigenvalue weighted by Crippen LogP contribution is -2.43. The quantitative estimate of drug-likeness (QED) is 0.766. The van der Waals surface area contributed by atoms with Crippen LogP contribution in [0.25, 0.3) is 0 Å². The average Bonchev–Trinajstić information content (AvgIpc) is 3.22. The van der Waals surface area contributed by atoms with Crippen molar-refractivity contribution in [1.29, 1.82) is 0 Å². The predicted octanol–water partition coefficient (Wildman–Crippen LogP) is 2.84. The van der Waals surface area contributed by atoms with Crippen molar-refractivity contribution in [3.05, 3.63) is 46.7 Å². The van der Waals surface area contributed by atoms with E-state index in [1.165, 1.54) is 11.3 Å². The van der Waals surface area contributed by atoms with Crippen LogP contribution in [0, 0.1) is 5.92 Å². The Bertz CT molecular complexity index is 764. The smallest absolute Gasteiger partial charge is 0.252 e. The van der Waals surface area contributed by atoms with Crippen LogP contribution in [0.5, 0.6) is 5.75 Å². The molecule has 0 spiro atoms. The molecule has 0 aliphatic carbocycles. The van der Waals surface area contributed by atoms with E-state index in [1.54, 1.807) is 7.11 Å². The molecule has 6 nitrogen and oxygen atoms in total. The van der Waals surface area contributed by atoms with Gasteiger partial charge in [-0.3, -0.25) is 14.5 Å². The SMILES string of the molecule is COc1ccccc1NC(=O)CN1CCCC(CNC(=O)c2ccsc2)C1. The van der Waals surface area contributed by atoms with E-state index in [-0.39, 0.29) is 11.8 Å². The first-order valence-electron chi connectivity index (χ1n) is 9.11. The Morgan fingerprint density at radius 3 is 2.93 bits per heavy atom. The molecule has 1 aromatic carbocycles. The summed E-state index contributed by atoms with van der Waals surface area (Å²) in [7, 11) is 1.59. The van der Waals surface area contributed by atoms with Crippen molar-refractivity contribution in [3.8, 4) is 5.75 Å². The summed E-state index contributed by atoms with van der Waals surface area (Å²) >= 11 is 1.52. The van der Waals surface area contributed by atoms with Gasteiger partial charge in [-0.1, -0.05) is 12.1 Å². The Kier molecular flexibility index (Phi) is 6.84. The van der Waals surface area contributed by atoms with Gasteiger partial charge in [0, 0.05) is 24.0 Å². The molecule has 1 aliphatic heterocycles. The molecule has 0 bridgehead atoms. The van der Waals surface area contributed by atoms with Crippen LogP contribution in [0.4, 0.5) is 5.69 Å². The fourth-order valence-electron chi connectivity index (χ4n) is 3.34. The van der Waals surface area contributed by atoms with Crippen LogP contribution in [0.1, 0.15) is 23.2 Å². The fraction of sp³-hybridized carbons (Fsp3) is 0.400. The van der Waals surface area contributed by atoms with E-state index in [0.29, 0.717) is 36.0 Å². The van der Waals surface area contributed by atoms with Crippen molar-refractivity contribution in [2.75, 3.05) is 38.6 Å². The van der Waals surface area contributed by atoms with Gasteiger partial charge in [0.25, 0.3) is 5.91 Å². The van der Waals surface area contributed by atoms with Crippen LogP contribution in [0.2, 0.25) is 0 Å². The van der Waals surface area contributed by atoms with E-state index in [0.717, 1.165) is 25.9 Å². The number of rotatable bonds is 7. The van der Waals surface area contributed by atoms with Crippen molar-refractivity contribution in [1.82, 2.24) is 10.2 Å². The lowest BCUT2D eigenvalue weighted by Gasteiger charge is -2.32. The number of likely N-dealkylation sites (tertiary alicyclic amines) is 1. The number of nitrogens with one attached hydrogen (secondary N) is 2. The van der Waals surface area contributed by atoms with Crippen molar-refractivity contribution >= 4 is 28.8 Å². The molecule has 2 heterocycles. The zero-order valence-corrected chi connectivity index (χ0v) is 16.3. The van der Waals surface area contributed by atoms with Crippen LogP contribution in [0.3, 0.4) is 0 Å². The molecule has 1 aromatic heterocycles. The average molecular weight is 388 g/mol. The maximum atomic E-state index is 12.4. The van der Waals surface area contributed by atoms with E-state index in [1.807, 2.05) is 41.1 Å². The number of amides is 2. The highest BCUT2D eigenvalue weighted by Gasteiger charge is 2.22. The van der Waals surface area contributed by atoms with Crippen LogP contribution in [-0.4, -0.2) is 50.0 Å². The third-order valence-corrected chi connectivity index (χ3v) is 5.37. The number of anilines is 1. The first kappa shape index (κ1) is 19.4. The summed E-state index contributed by atoms with van der Waals surface area (Å²) in [4.78, 5) is 26.6. The molecule has 1 aliphatic rings. The second-order valence-electron chi connectivity index (χ2n) is 6.71. The zero-order valence-electron chi connectivity index (χ0n) is 15.4. The molecular weight excluding hydrogens is 362 g/mol. The number of hydrogen-bond donors (Lipinski definition) is 2. The first-order valence-corrected chi connectivity index (χ1v) is 10.1. The van der Waals surface area contributed by atoms with Gasteiger partial charge in [-0.2, -0.15) is 11.3 Å². The van der Waals surface area contributed by atoms with Gasteiger partial charge in [-0.25, -0.2) is 0 Å². The first-order chi connectivity index (χ1) is 13.2. The Morgan fingerprint density at radius 1 is 1.30 bits per heavy atom. The summed E-state index contributed by atoms with van der Waals surface area (Å²) < 4.78 is 5.27. The minimum Gasteiger partial charge on any atom is -0.495 e. The number of para-hydroxylation sites is 2. The van der Waals surface area contributed by atoms with Crippen molar-refractivity contribution < 1.29 is 14.3 Å². The van der Waals surface area contributed by atoms with Crippen molar-refractivity contribution in [3.63, 3.8) is 0 Å². The molecule has 3 rings (SSSR count). The van der Waals surface area contributed by atoms with Gasteiger partial charge in [-0.05, 0) is 48.9 Å². The Balaban J connectivity index is 1.46. The van der Waals surface area contributed by atoms with E-state index in [2.05, 4.69) is 15.5 Å². The predicted molar refractivity (Wildman–Crippen MR) is 107 cm³/mol. The summed E-state index contributed by atoms with van der Waals surface area (Å²) in [6.45, 7) is 2.68. The summed E-state index contributed by atoms with van der Waals surface area (Å²) in [6, 6.07) is 9.22. The summed E-state index contributed by atoms with van der Waals surface area (Å²) in [5.74, 6) is 0.934. The van der Waals surface area contributed by atoms with Gasteiger partial charge in [0.1, 0.15) is 5.75 Å². The number of benzene rings is 1. The van der Waals surface area contributed by atoms with Crippen LogP contribution >= 0.6 is 11.3 Å². The number of hydrogen-bond acceptors (Lipinski definition) is 5. The topological polar surface area (TPSA) is 70.7 Å². The van der Waals surface area contributed by atoms with E-state index in [9.17, 15) is 9.59 Å². The van der Waals surface area contributed by atoms with E-state index < -0.39 is 0 Å². The van der Waals surface area contributed by atoms with Gasteiger partial charge in [0.05, 0.1) is 19.3 Å². The number of carbonyl (C=O) groups excluding carboxylic acids is 2. The summed E-state index contributed by atoms with van der Waals surface area (Å²) in [6.07, 6.45) is 2.09. The molecule has 1 unspecified atom stereocenters. The molecule has 2 aromatic rings. The molecule has 0 saturated carbocycles. The highest BCUT2D eigenvalue weighted by Crippen LogP contribution is 2.23. The minimum atomic E-state index is -0.0533. The Labute approximate surface area is 163 Å². The van der Waals surface area contributed by atoms with Gasteiger partial charge in [0.2, 0.25) is 5.91 Å². The normalized spacial score (nSPS) is 17.3. The number of ether oxygens (including phenoxy) is 1.